The summed E-state index contributed by atoms with van der Waals surface area (Å²) < 4.78 is 0. The Morgan fingerprint density at radius 3 is 2.73 bits per heavy atom. The third-order valence-electron chi connectivity index (χ3n) is 4.22. The molecule has 0 bridgehead atoms. The highest BCUT2D eigenvalue weighted by atomic mass is 16.3. The number of fused-ring (bicyclic) bond motifs is 1. The van der Waals surface area contributed by atoms with Crippen LogP contribution in [0, 0.1) is 23.7 Å². The maximum Gasteiger partial charge on any atom is 0.0650 e. The molecule has 1 aliphatic carbocycles. The molecule has 2 N–H and O–H groups in total. The molecule has 1 aliphatic rings. The van der Waals surface area contributed by atoms with E-state index < -0.39 is 0 Å². The summed E-state index contributed by atoms with van der Waals surface area (Å²) in [4.78, 5) is 0. The van der Waals surface area contributed by atoms with E-state index in [9.17, 15) is 0 Å². The van der Waals surface area contributed by atoms with Crippen molar-refractivity contribution in [3.05, 3.63) is 54.2 Å². The fraction of sp³-hybridized carbons (Fsp3) is 0.211. The van der Waals surface area contributed by atoms with Crippen molar-refractivity contribution in [2.24, 2.45) is 11.8 Å². The van der Waals surface area contributed by atoms with E-state index in [1.807, 2.05) is 12.3 Å². The second-order valence-corrected chi connectivity index (χ2v) is 5.80. The average Bonchev–Trinajstić information content (AvgIpc) is 3.18. The lowest BCUT2D eigenvalue weighted by Gasteiger charge is -2.02. The van der Waals surface area contributed by atoms with Crippen LogP contribution in [0.3, 0.4) is 0 Å². The predicted octanol–water partition coefficient (Wildman–Crippen LogP) is 3.21. The standard InChI is InChI=1S/C19H16N2O/c22-12-18-10-16(18)6-3-13-1-4-14(5-2-13)15-7-8-19-17(9-15)11-20-21-19/h1-2,4-5,7-9,11,16,18,22H,10,12H2,(H,20,21)/t16-,18+/m0/s1. The number of hydrogen-bond donors (Lipinski definition) is 2. The van der Waals surface area contributed by atoms with Crippen LogP contribution in [0.2, 0.25) is 0 Å². The first-order valence-corrected chi connectivity index (χ1v) is 7.49. The Balaban J connectivity index is 1.56. The van der Waals surface area contributed by atoms with Gasteiger partial charge in [0.25, 0.3) is 0 Å². The van der Waals surface area contributed by atoms with Crippen molar-refractivity contribution in [1.29, 1.82) is 0 Å². The van der Waals surface area contributed by atoms with Crippen molar-refractivity contribution in [3.63, 3.8) is 0 Å². The molecule has 2 atom stereocenters. The molecule has 22 heavy (non-hydrogen) atoms. The Kier molecular flexibility index (Phi) is 3.17. The minimum atomic E-state index is 0.259. The second kappa shape index (κ2) is 5.32. The zero-order chi connectivity index (χ0) is 14.9. The summed E-state index contributed by atoms with van der Waals surface area (Å²) >= 11 is 0. The van der Waals surface area contributed by atoms with E-state index in [4.69, 9.17) is 5.11 Å². The van der Waals surface area contributed by atoms with Crippen LogP contribution < -0.4 is 0 Å². The number of rotatable bonds is 2. The van der Waals surface area contributed by atoms with E-state index in [-0.39, 0.29) is 6.61 Å². The van der Waals surface area contributed by atoms with Gasteiger partial charge in [0.2, 0.25) is 0 Å². The van der Waals surface area contributed by atoms with Crippen LogP contribution >= 0.6 is 0 Å². The molecule has 0 radical (unpaired) electrons. The average molecular weight is 288 g/mol. The Labute approximate surface area is 129 Å². The second-order valence-electron chi connectivity index (χ2n) is 5.80. The summed E-state index contributed by atoms with van der Waals surface area (Å²) in [5.74, 6) is 7.21. The van der Waals surface area contributed by atoms with Gasteiger partial charge in [-0.2, -0.15) is 5.10 Å². The van der Waals surface area contributed by atoms with Gasteiger partial charge in [-0.1, -0.05) is 30.0 Å². The summed E-state index contributed by atoms with van der Waals surface area (Å²) in [7, 11) is 0. The number of aliphatic hydroxyl groups excluding tert-OH is 1. The molecular formula is C19H16N2O. The normalized spacial score (nSPS) is 19.7. The highest BCUT2D eigenvalue weighted by Crippen LogP contribution is 2.37. The van der Waals surface area contributed by atoms with E-state index in [0.29, 0.717) is 11.8 Å². The van der Waals surface area contributed by atoms with Gasteiger partial charge in [-0.05, 0) is 47.7 Å². The van der Waals surface area contributed by atoms with Gasteiger partial charge in [0.15, 0.2) is 0 Å². The molecule has 108 valence electrons. The number of aromatic nitrogens is 2. The molecule has 3 nitrogen and oxygen atoms in total. The van der Waals surface area contributed by atoms with Crippen molar-refractivity contribution in [2.75, 3.05) is 6.61 Å². The summed E-state index contributed by atoms with van der Waals surface area (Å²) in [6.45, 7) is 0.259. The van der Waals surface area contributed by atoms with E-state index in [2.05, 4.69) is 58.4 Å². The van der Waals surface area contributed by atoms with Gasteiger partial charge in [-0.15, -0.1) is 0 Å². The van der Waals surface area contributed by atoms with E-state index in [0.717, 1.165) is 22.9 Å². The number of aliphatic hydroxyl groups is 1. The Hall–Kier alpha value is -2.57. The number of nitrogens with zero attached hydrogens (tertiary/aromatic N) is 1. The smallest absolute Gasteiger partial charge is 0.0650 e. The van der Waals surface area contributed by atoms with Crippen LogP contribution in [-0.4, -0.2) is 21.9 Å². The Morgan fingerprint density at radius 1 is 1.14 bits per heavy atom. The molecule has 0 aliphatic heterocycles. The molecule has 1 aromatic heterocycles. The van der Waals surface area contributed by atoms with Crippen molar-refractivity contribution in [1.82, 2.24) is 10.2 Å². The van der Waals surface area contributed by atoms with Gasteiger partial charge >= 0.3 is 0 Å². The molecule has 4 rings (SSSR count). The van der Waals surface area contributed by atoms with E-state index in [1.54, 1.807) is 0 Å². The largest absolute Gasteiger partial charge is 0.396 e. The molecule has 2 aromatic carbocycles. The van der Waals surface area contributed by atoms with Crippen LogP contribution in [0.1, 0.15) is 12.0 Å². The lowest BCUT2D eigenvalue weighted by atomic mass is 10.0. The number of nitrogens with one attached hydrogen (secondary N) is 1. The van der Waals surface area contributed by atoms with Gasteiger partial charge in [-0.25, -0.2) is 0 Å². The minimum Gasteiger partial charge on any atom is -0.396 e. The SMILES string of the molecule is OC[C@H]1C[C@@H]1C#Cc1ccc(-c2ccc3[nH]ncc3c2)cc1. The van der Waals surface area contributed by atoms with Gasteiger partial charge in [0.1, 0.15) is 0 Å². The van der Waals surface area contributed by atoms with Crippen molar-refractivity contribution in [3.8, 4) is 23.0 Å². The number of H-pyrrole nitrogens is 1. The summed E-state index contributed by atoms with van der Waals surface area (Å²) in [6, 6.07) is 14.6. The van der Waals surface area contributed by atoms with Crippen LogP contribution in [0.15, 0.2) is 48.7 Å². The minimum absolute atomic E-state index is 0.259. The quantitative estimate of drug-likeness (QED) is 0.711. The molecular weight excluding hydrogens is 272 g/mol. The Morgan fingerprint density at radius 2 is 1.95 bits per heavy atom. The summed E-state index contributed by atoms with van der Waals surface area (Å²) in [5, 5.41) is 17.1. The van der Waals surface area contributed by atoms with Gasteiger partial charge in [0.05, 0.1) is 11.7 Å². The molecule has 3 heteroatoms. The number of benzene rings is 2. The topological polar surface area (TPSA) is 48.9 Å². The van der Waals surface area contributed by atoms with Crippen LogP contribution in [-0.2, 0) is 0 Å². The first-order valence-electron chi connectivity index (χ1n) is 7.49. The number of aromatic amines is 1. The molecule has 1 fully saturated rings. The lowest BCUT2D eigenvalue weighted by molar-refractivity contribution is 0.273. The van der Waals surface area contributed by atoms with Crippen LogP contribution in [0.25, 0.3) is 22.0 Å². The third-order valence-corrected chi connectivity index (χ3v) is 4.22. The Bertz CT molecular complexity index is 868. The molecule has 1 heterocycles. The van der Waals surface area contributed by atoms with Gasteiger partial charge < -0.3 is 5.11 Å². The molecule has 0 unspecified atom stereocenters. The van der Waals surface area contributed by atoms with Crippen molar-refractivity contribution >= 4 is 10.9 Å². The molecule has 0 amide bonds. The molecule has 3 aromatic rings. The predicted molar refractivity (Wildman–Crippen MR) is 87.1 cm³/mol. The van der Waals surface area contributed by atoms with Crippen molar-refractivity contribution in [2.45, 2.75) is 6.42 Å². The molecule has 0 spiro atoms. The van der Waals surface area contributed by atoms with E-state index in [1.165, 1.54) is 11.1 Å². The molecule has 1 saturated carbocycles. The fourth-order valence-corrected chi connectivity index (χ4v) is 2.67. The summed E-state index contributed by atoms with van der Waals surface area (Å²) in [6.07, 6.45) is 2.87. The van der Waals surface area contributed by atoms with Gasteiger partial charge in [0, 0.05) is 23.5 Å². The van der Waals surface area contributed by atoms with Crippen LogP contribution in [0.4, 0.5) is 0 Å². The lowest BCUT2D eigenvalue weighted by Crippen LogP contribution is -1.86. The monoisotopic (exact) mass is 288 g/mol. The fourth-order valence-electron chi connectivity index (χ4n) is 2.67. The number of hydrogen-bond acceptors (Lipinski definition) is 2. The zero-order valence-electron chi connectivity index (χ0n) is 12.1. The van der Waals surface area contributed by atoms with E-state index >= 15 is 0 Å². The first kappa shape index (κ1) is 13.1. The maximum atomic E-state index is 9.02. The van der Waals surface area contributed by atoms with Crippen molar-refractivity contribution < 1.29 is 5.11 Å². The molecule has 0 saturated heterocycles. The first-order chi connectivity index (χ1) is 10.8. The zero-order valence-corrected chi connectivity index (χ0v) is 12.1. The maximum absolute atomic E-state index is 9.02. The van der Waals surface area contributed by atoms with Gasteiger partial charge in [-0.3, -0.25) is 5.10 Å². The highest BCUT2D eigenvalue weighted by Gasteiger charge is 2.34. The van der Waals surface area contributed by atoms with Crippen LogP contribution in [0.5, 0.6) is 0 Å². The summed E-state index contributed by atoms with van der Waals surface area (Å²) in [5.41, 5.74) is 4.43. The third kappa shape index (κ3) is 2.49. The highest BCUT2D eigenvalue weighted by molar-refractivity contribution is 5.84.